The molecule has 10 heteroatoms. The number of rotatable bonds is 6. The van der Waals surface area contributed by atoms with Crippen molar-refractivity contribution < 1.29 is 24.1 Å². The molecule has 2 saturated heterocycles. The third kappa shape index (κ3) is 3.74. The van der Waals surface area contributed by atoms with Gasteiger partial charge in [0.15, 0.2) is 11.8 Å². The molecule has 152 valence electrons. The number of hydrogen-bond acceptors (Lipinski definition) is 8. The number of pyridine rings is 2. The van der Waals surface area contributed by atoms with Crippen molar-refractivity contribution in [3.63, 3.8) is 0 Å². The minimum atomic E-state index is -0.629. The predicted octanol–water partition coefficient (Wildman–Crippen LogP) is 1.53. The zero-order chi connectivity index (χ0) is 19.8. The van der Waals surface area contributed by atoms with Gasteiger partial charge in [0, 0.05) is 18.8 Å². The number of hydrogen-bond donors (Lipinski definition) is 2. The lowest BCUT2D eigenvalue weighted by Gasteiger charge is -2.15. The quantitative estimate of drug-likeness (QED) is 0.620. The first-order valence-corrected chi connectivity index (χ1v) is 9.71. The van der Waals surface area contributed by atoms with Crippen molar-refractivity contribution in [2.24, 2.45) is 0 Å². The van der Waals surface area contributed by atoms with Crippen LogP contribution in [0.5, 0.6) is 11.9 Å². The standard InChI is InChI=1S/C19H19ClN4O5/c20-11-6-12-17(23-18(11)26-5-3-10-2-1-4-21-7-10)24-19(22-12)29-14-9-28-15-13(25)8-27-16(14)15/h1-2,4,6-7,13-16,25H,3,5,8-9H2,(H,22,23,24)/t13-,14-,15-,16-/m1/s1. The summed E-state index contributed by atoms with van der Waals surface area (Å²) in [7, 11) is 0. The Morgan fingerprint density at radius 1 is 1.24 bits per heavy atom. The van der Waals surface area contributed by atoms with Gasteiger partial charge in [-0.2, -0.15) is 9.97 Å². The molecule has 2 N–H and O–H groups in total. The Bertz CT molecular complexity index is 1000. The lowest BCUT2D eigenvalue weighted by atomic mass is 10.1. The maximum atomic E-state index is 9.83. The number of aliphatic hydroxyl groups excluding tert-OH is 1. The summed E-state index contributed by atoms with van der Waals surface area (Å²) < 4.78 is 22.7. The fourth-order valence-electron chi connectivity index (χ4n) is 3.54. The van der Waals surface area contributed by atoms with E-state index in [1.807, 2.05) is 12.1 Å². The average Bonchev–Trinajstić information content (AvgIpc) is 3.40. The third-order valence-corrected chi connectivity index (χ3v) is 5.24. The molecule has 0 bridgehead atoms. The second-order valence-electron chi connectivity index (χ2n) is 6.97. The summed E-state index contributed by atoms with van der Waals surface area (Å²) in [5, 5.41) is 10.2. The Balaban J connectivity index is 1.27. The summed E-state index contributed by atoms with van der Waals surface area (Å²) in [5.74, 6) is 0.313. The van der Waals surface area contributed by atoms with E-state index in [0.29, 0.717) is 41.7 Å². The Labute approximate surface area is 170 Å². The first kappa shape index (κ1) is 18.6. The van der Waals surface area contributed by atoms with Crippen LogP contribution < -0.4 is 9.47 Å². The first-order chi connectivity index (χ1) is 14.2. The lowest BCUT2D eigenvalue weighted by Crippen LogP contribution is -2.34. The summed E-state index contributed by atoms with van der Waals surface area (Å²) in [6.07, 6.45) is 2.54. The smallest absolute Gasteiger partial charge is 0.296 e. The van der Waals surface area contributed by atoms with Gasteiger partial charge in [0.1, 0.15) is 23.3 Å². The van der Waals surface area contributed by atoms with Crippen LogP contribution in [0, 0.1) is 0 Å². The van der Waals surface area contributed by atoms with E-state index in [9.17, 15) is 5.11 Å². The van der Waals surface area contributed by atoms with E-state index < -0.39 is 6.10 Å². The summed E-state index contributed by atoms with van der Waals surface area (Å²) in [6, 6.07) is 5.85. The van der Waals surface area contributed by atoms with Gasteiger partial charge in [0.05, 0.1) is 25.3 Å². The van der Waals surface area contributed by atoms with E-state index in [1.165, 1.54) is 0 Å². The van der Waals surface area contributed by atoms with Gasteiger partial charge in [-0.25, -0.2) is 0 Å². The van der Waals surface area contributed by atoms with Crippen LogP contribution in [0.3, 0.4) is 0 Å². The zero-order valence-electron chi connectivity index (χ0n) is 15.3. The Morgan fingerprint density at radius 2 is 2.14 bits per heavy atom. The number of fused-ring (bicyclic) bond motifs is 2. The van der Waals surface area contributed by atoms with E-state index in [4.69, 9.17) is 30.5 Å². The number of halogens is 1. The molecule has 3 aromatic rings. The fraction of sp³-hybridized carbons (Fsp3) is 0.421. The van der Waals surface area contributed by atoms with Crippen molar-refractivity contribution in [1.29, 1.82) is 0 Å². The van der Waals surface area contributed by atoms with Crippen LogP contribution in [-0.4, -0.2) is 69.3 Å². The Hall–Kier alpha value is -2.46. The highest BCUT2D eigenvalue weighted by molar-refractivity contribution is 6.32. The SMILES string of the molecule is O[C@@H]1CO[C@H]2[C@@H]1OC[C@H]2Oc1nc2nc(OCCc3cccnc3)c(Cl)cc2[nH]1. The Morgan fingerprint density at radius 3 is 3.00 bits per heavy atom. The summed E-state index contributed by atoms with van der Waals surface area (Å²) >= 11 is 6.30. The first-order valence-electron chi connectivity index (χ1n) is 9.33. The number of nitrogens with zero attached hydrogens (tertiary/aromatic N) is 3. The number of ether oxygens (including phenoxy) is 4. The van der Waals surface area contributed by atoms with Crippen LogP contribution in [0.1, 0.15) is 5.56 Å². The molecule has 0 radical (unpaired) electrons. The van der Waals surface area contributed by atoms with E-state index in [1.54, 1.807) is 18.5 Å². The minimum absolute atomic E-state index is 0.242. The van der Waals surface area contributed by atoms with E-state index in [-0.39, 0.29) is 30.9 Å². The number of aliphatic hydroxyl groups is 1. The molecule has 0 unspecified atom stereocenters. The average molecular weight is 419 g/mol. The molecule has 3 aromatic heterocycles. The van der Waals surface area contributed by atoms with Gasteiger partial charge in [0.25, 0.3) is 6.01 Å². The monoisotopic (exact) mass is 418 g/mol. The number of imidazole rings is 1. The molecule has 2 fully saturated rings. The fourth-order valence-corrected chi connectivity index (χ4v) is 3.74. The highest BCUT2D eigenvalue weighted by atomic mass is 35.5. The number of H-pyrrole nitrogens is 1. The van der Waals surface area contributed by atoms with Crippen LogP contribution in [-0.2, 0) is 15.9 Å². The maximum Gasteiger partial charge on any atom is 0.296 e. The van der Waals surface area contributed by atoms with E-state index in [0.717, 1.165) is 5.56 Å². The van der Waals surface area contributed by atoms with Gasteiger partial charge >= 0.3 is 0 Å². The van der Waals surface area contributed by atoms with Gasteiger partial charge in [0.2, 0.25) is 5.88 Å². The second kappa shape index (κ2) is 7.75. The van der Waals surface area contributed by atoms with Crippen molar-refractivity contribution >= 4 is 22.8 Å². The van der Waals surface area contributed by atoms with Crippen molar-refractivity contribution in [3.8, 4) is 11.9 Å². The third-order valence-electron chi connectivity index (χ3n) is 4.97. The highest BCUT2D eigenvalue weighted by Crippen LogP contribution is 2.31. The predicted molar refractivity (Wildman–Crippen MR) is 102 cm³/mol. The van der Waals surface area contributed by atoms with Crippen molar-refractivity contribution in [1.82, 2.24) is 19.9 Å². The molecule has 5 heterocycles. The molecule has 5 rings (SSSR count). The summed E-state index contributed by atoms with van der Waals surface area (Å²) in [4.78, 5) is 15.9. The molecule has 29 heavy (non-hydrogen) atoms. The van der Waals surface area contributed by atoms with Gasteiger partial charge in [-0.1, -0.05) is 17.7 Å². The lowest BCUT2D eigenvalue weighted by molar-refractivity contribution is 0.00706. The molecule has 2 aliphatic heterocycles. The molecular formula is C19H19ClN4O5. The molecule has 0 aromatic carbocycles. The van der Waals surface area contributed by atoms with Crippen LogP contribution in [0.25, 0.3) is 11.2 Å². The highest BCUT2D eigenvalue weighted by Gasteiger charge is 2.48. The largest absolute Gasteiger partial charge is 0.476 e. The van der Waals surface area contributed by atoms with Gasteiger partial charge in [-0.3, -0.25) is 4.98 Å². The summed E-state index contributed by atoms with van der Waals surface area (Å²) in [6.45, 7) is 0.979. The molecule has 2 aliphatic rings. The maximum absolute atomic E-state index is 9.83. The van der Waals surface area contributed by atoms with Gasteiger partial charge < -0.3 is 29.0 Å². The van der Waals surface area contributed by atoms with Crippen LogP contribution in [0.2, 0.25) is 5.02 Å². The van der Waals surface area contributed by atoms with E-state index >= 15 is 0 Å². The normalized spacial score (nSPS) is 26.0. The number of aromatic amines is 1. The van der Waals surface area contributed by atoms with Crippen LogP contribution in [0.15, 0.2) is 30.6 Å². The topological polar surface area (TPSA) is 112 Å². The van der Waals surface area contributed by atoms with Gasteiger partial charge in [-0.15, -0.1) is 0 Å². The summed E-state index contributed by atoms with van der Waals surface area (Å²) in [5.41, 5.74) is 2.13. The molecule has 0 aliphatic carbocycles. The molecule has 4 atom stereocenters. The number of aromatic nitrogens is 4. The van der Waals surface area contributed by atoms with Crippen LogP contribution >= 0.6 is 11.6 Å². The van der Waals surface area contributed by atoms with E-state index in [2.05, 4.69) is 19.9 Å². The van der Waals surface area contributed by atoms with Gasteiger partial charge in [-0.05, 0) is 17.7 Å². The molecule has 9 nitrogen and oxygen atoms in total. The molecular weight excluding hydrogens is 400 g/mol. The molecule has 0 amide bonds. The molecule has 0 saturated carbocycles. The van der Waals surface area contributed by atoms with Crippen molar-refractivity contribution in [3.05, 3.63) is 41.2 Å². The zero-order valence-corrected chi connectivity index (χ0v) is 16.1. The molecule has 0 spiro atoms. The Kier molecular flexibility index (Phi) is 4.96. The van der Waals surface area contributed by atoms with Crippen molar-refractivity contribution in [2.45, 2.75) is 30.8 Å². The van der Waals surface area contributed by atoms with Crippen LogP contribution in [0.4, 0.5) is 0 Å². The second-order valence-corrected chi connectivity index (χ2v) is 7.37. The van der Waals surface area contributed by atoms with Crippen molar-refractivity contribution in [2.75, 3.05) is 19.8 Å². The number of nitrogens with one attached hydrogen (secondary N) is 1. The minimum Gasteiger partial charge on any atom is -0.476 e.